The average molecular weight is 943 g/mol. The highest BCUT2D eigenvalue weighted by Gasteiger charge is 2.39. The molecule has 9 rings (SSSR count). The molecule has 0 bridgehead atoms. The second kappa shape index (κ2) is 21.0. The van der Waals surface area contributed by atoms with Gasteiger partial charge in [-0.2, -0.15) is 4.98 Å². The van der Waals surface area contributed by atoms with Gasteiger partial charge in [0.05, 0.1) is 17.4 Å². The molecular weight excluding hydrogens is 886 g/mol. The number of amides is 6. The number of carbonyl (C=O) groups is 5. The number of hydrogen-bond acceptors (Lipinski definition) is 13. The third-order valence-corrected chi connectivity index (χ3v) is 13.6. The number of carbonyl (C=O) groups excluding carboxylic acids is 5. The number of benzene rings is 3. The van der Waals surface area contributed by atoms with E-state index in [2.05, 4.69) is 63.1 Å². The number of piperidine rings is 2. The molecule has 0 spiro atoms. The number of nitrogens with one attached hydrogen (secondary N) is 5. The van der Waals surface area contributed by atoms with Crippen LogP contribution in [-0.2, 0) is 16.1 Å². The van der Waals surface area contributed by atoms with E-state index in [0.717, 1.165) is 87.6 Å². The summed E-state index contributed by atoms with van der Waals surface area (Å²) in [6, 6.07) is 20.8. The van der Waals surface area contributed by atoms with E-state index in [1.807, 2.05) is 47.4 Å². The van der Waals surface area contributed by atoms with Crippen molar-refractivity contribution in [1.82, 2.24) is 45.5 Å². The lowest BCUT2D eigenvalue weighted by Crippen LogP contribution is -2.62. The van der Waals surface area contributed by atoms with Gasteiger partial charge in [-0.15, -0.1) is 0 Å². The summed E-state index contributed by atoms with van der Waals surface area (Å²) in [4.78, 5) is 82.6. The van der Waals surface area contributed by atoms with Gasteiger partial charge >= 0.3 is 6.03 Å². The van der Waals surface area contributed by atoms with Crippen molar-refractivity contribution in [2.24, 2.45) is 5.73 Å². The lowest BCUT2D eigenvalue weighted by atomic mass is 9.99. The first-order valence-corrected chi connectivity index (χ1v) is 23.7. The third kappa shape index (κ3) is 10.8. The van der Waals surface area contributed by atoms with Gasteiger partial charge in [-0.1, -0.05) is 35.6 Å². The van der Waals surface area contributed by atoms with Crippen molar-refractivity contribution in [3.63, 3.8) is 0 Å². The number of hydrogen-bond donors (Lipinski definition) is 6. The van der Waals surface area contributed by atoms with Crippen LogP contribution in [0.1, 0.15) is 63.9 Å². The van der Waals surface area contributed by atoms with Gasteiger partial charge in [-0.25, -0.2) is 9.78 Å². The molecule has 1 unspecified atom stereocenters. The summed E-state index contributed by atoms with van der Waals surface area (Å²) in [5.74, 6) is 6.10. The molecule has 7 N–H and O–H groups in total. The monoisotopic (exact) mass is 941 g/mol. The molecule has 6 amide bonds. The maximum atomic E-state index is 13.3. The van der Waals surface area contributed by atoms with Gasteiger partial charge in [0.1, 0.15) is 11.1 Å². The first kappa shape index (κ1) is 46.3. The van der Waals surface area contributed by atoms with E-state index in [1.54, 1.807) is 29.2 Å². The van der Waals surface area contributed by atoms with Crippen molar-refractivity contribution < 1.29 is 24.0 Å². The molecular formula is C49H56ClN13O5. The molecule has 6 heterocycles. The van der Waals surface area contributed by atoms with Crippen LogP contribution in [0.2, 0.25) is 5.02 Å². The summed E-state index contributed by atoms with van der Waals surface area (Å²) in [5.41, 5.74) is 10.7. The van der Waals surface area contributed by atoms with Gasteiger partial charge < -0.3 is 41.7 Å². The molecule has 0 saturated carbocycles. The normalized spacial score (nSPS) is 19.1. The first-order valence-electron chi connectivity index (χ1n) is 23.4. The van der Waals surface area contributed by atoms with Crippen LogP contribution in [0.5, 0.6) is 0 Å². The van der Waals surface area contributed by atoms with Crippen LogP contribution >= 0.6 is 11.6 Å². The molecule has 0 aliphatic carbocycles. The predicted octanol–water partition coefficient (Wildman–Crippen LogP) is 3.49. The highest BCUT2D eigenvalue weighted by atomic mass is 35.5. The van der Waals surface area contributed by atoms with Gasteiger partial charge in [0.15, 0.2) is 5.82 Å². The van der Waals surface area contributed by atoms with E-state index in [9.17, 15) is 24.0 Å². The lowest BCUT2D eigenvalue weighted by molar-refractivity contribution is -0.136. The predicted molar refractivity (Wildman–Crippen MR) is 259 cm³/mol. The van der Waals surface area contributed by atoms with Crippen LogP contribution in [0.15, 0.2) is 72.9 Å². The largest absolute Gasteiger partial charge is 0.368 e. The van der Waals surface area contributed by atoms with Crippen molar-refractivity contribution in [3.05, 3.63) is 100 Å². The second-order valence-corrected chi connectivity index (χ2v) is 18.2. The van der Waals surface area contributed by atoms with Crippen LogP contribution < -0.4 is 37.2 Å². The highest BCUT2D eigenvalue weighted by molar-refractivity contribution is 6.33. The summed E-state index contributed by atoms with van der Waals surface area (Å²) in [7, 11) is 0. The number of piperazine rings is 1. The second-order valence-electron chi connectivity index (χ2n) is 17.7. The number of imide groups is 1. The Hall–Kier alpha value is -6.78. The van der Waals surface area contributed by atoms with Gasteiger partial charge in [0.2, 0.25) is 17.8 Å². The average Bonchev–Trinajstić information content (AvgIpc) is 3.66. The Bertz CT molecular complexity index is 2600. The van der Waals surface area contributed by atoms with Gasteiger partial charge in [0.25, 0.3) is 11.8 Å². The van der Waals surface area contributed by atoms with Crippen molar-refractivity contribution in [1.29, 1.82) is 0 Å². The Morgan fingerprint density at radius 1 is 0.912 bits per heavy atom. The van der Waals surface area contributed by atoms with E-state index in [-0.39, 0.29) is 36.2 Å². The quantitative estimate of drug-likeness (QED) is 0.0839. The molecule has 0 radical (unpaired) electrons. The highest BCUT2D eigenvalue weighted by Crippen LogP contribution is 2.30. The number of nitrogens with two attached hydrogens (primary N) is 1. The van der Waals surface area contributed by atoms with Crippen molar-refractivity contribution >= 4 is 70.1 Å². The minimum Gasteiger partial charge on any atom is -0.368 e. The lowest BCUT2D eigenvalue weighted by Gasteiger charge is -2.47. The van der Waals surface area contributed by atoms with Crippen molar-refractivity contribution in [2.75, 3.05) is 87.5 Å². The molecule has 19 heteroatoms. The smallest absolute Gasteiger partial charge is 0.317 e. The standard InChI is InChI=1S/C49H56ClN13O5/c50-40-28-53-48(58-44(40)56-41-7-2-1-6-39(41)45(65)52-19-18-51)54-34-9-11-36(12-10-34)61-23-25-62(26-24-61)49(68)55-35-16-21-60(22-17-35)37-30-59(31-37)20-4-3-5-32-8-13-38-33(27-32)29-63(47(38)67)42-14-15-43(64)57-46(42)66/h1-2,6-13,27-28,35,37,42H,4,14-26,29-31,51H2,(H,52,65)(H,55,68)(H,57,64,66)(H2,53,54,56,58). The number of para-hydroxylation sites is 1. The summed E-state index contributed by atoms with van der Waals surface area (Å²) in [6.45, 7) is 8.64. The van der Waals surface area contributed by atoms with Gasteiger partial charge in [-0.3, -0.25) is 34.3 Å². The fraction of sp³-hybridized carbons (Fsp3) is 0.408. The Labute approximate surface area is 400 Å². The first-order chi connectivity index (χ1) is 33.1. The Kier molecular flexibility index (Phi) is 14.3. The van der Waals surface area contributed by atoms with Crippen LogP contribution in [0, 0.1) is 11.8 Å². The molecule has 4 saturated heterocycles. The molecule has 4 aromatic rings. The summed E-state index contributed by atoms with van der Waals surface area (Å²) in [6.07, 6.45) is 4.70. The zero-order valence-electron chi connectivity index (χ0n) is 37.8. The van der Waals surface area contributed by atoms with Crippen LogP contribution in [-0.4, -0.2) is 149 Å². The van der Waals surface area contributed by atoms with Crippen LogP contribution in [0.4, 0.5) is 33.6 Å². The van der Waals surface area contributed by atoms with Gasteiger partial charge in [-0.05, 0) is 79.4 Å². The maximum Gasteiger partial charge on any atom is 0.317 e. The summed E-state index contributed by atoms with van der Waals surface area (Å²) >= 11 is 6.44. The van der Waals surface area contributed by atoms with Crippen molar-refractivity contribution in [3.8, 4) is 11.8 Å². The molecule has 3 aromatic carbocycles. The Morgan fingerprint density at radius 2 is 1.69 bits per heavy atom. The number of fused-ring (bicyclic) bond motifs is 1. The number of aromatic nitrogens is 2. The molecule has 1 aromatic heterocycles. The topological polar surface area (TPSA) is 214 Å². The van der Waals surface area contributed by atoms with Crippen LogP contribution in [0.3, 0.4) is 0 Å². The van der Waals surface area contributed by atoms with Gasteiger partial charge in [0, 0.05) is 126 Å². The zero-order valence-corrected chi connectivity index (χ0v) is 38.6. The Balaban J connectivity index is 0.660. The SMILES string of the molecule is NCCNC(=O)c1ccccc1Nc1nc(Nc2ccc(N3CCN(C(=O)NC4CCN(C5CN(CCC#Cc6ccc7c(c6)CN(C6CCC(=O)NC6=O)C7=O)C5)CC4)CC3)cc2)ncc1Cl. The fourth-order valence-electron chi connectivity index (χ4n) is 9.43. The van der Waals surface area contributed by atoms with E-state index in [1.165, 1.54) is 6.20 Å². The number of urea groups is 1. The number of rotatable bonds is 13. The van der Waals surface area contributed by atoms with E-state index < -0.39 is 11.9 Å². The number of halogens is 1. The van der Waals surface area contributed by atoms with Crippen LogP contribution in [0.25, 0.3) is 0 Å². The molecule has 354 valence electrons. The maximum absolute atomic E-state index is 13.3. The molecule has 1 atom stereocenters. The summed E-state index contributed by atoms with van der Waals surface area (Å²) in [5, 5.41) is 15.1. The fourth-order valence-corrected chi connectivity index (χ4v) is 9.57. The van der Waals surface area contributed by atoms with E-state index in [4.69, 9.17) is 17.3 Å². The zero-order chi connectivity index (χ0) is 47.1. The molecule has 68 heavy (non-hydrogen) atoms. The number of nitrogens with zero attached hydrogens (tertiary/aromatic N) is 7. The minimum absolute atomic E-state index is 0.0105. The number of likely N-dealkylation sites (tertiary alicyclic amines) is 2. The molecule has 18 nitrogen and oxygen atoms in total. The minimum atomic E-state index is -0.625. The molecule has 4 fully saturated rings. The third-order valence-electron chi connectivity index (χ3n) is 13.3. The number of anilines is 5. The van der Waals surface area contributed by atoms with E-state index >= 15 is 0 Å². The molecule has 5 aliphatic heterocycles. The summed E-state index contributed by atoms with van der Waals surface area (Å²) < 4.78 is 0. The molecule has 5 aliphatic rings. The Morgan fingerprint density at radius 3 is 2.46 bits per heavy atom. The van der Waals surface area contributed by atoms with E-state index in [0.29, 0.717) is 78.8 Å². The van der Waals surface area contributed by atoms with Crippen molar-refractivity contribution in [2.45, 2.75) is 56.8 Å².